The lowest BCUT2D eigenvalue weighted by atomic mass is 10.3. The van der Waals surface area contributed by atoms with Crippen LogP contribution in [0.3, 0.4) is 0 Å². The van der Waals surface area contributed by atoms with E-state index in [0.29, 0.717) is 5.65 Å². The van der Waals surface area contributed by atoms with Gasteiger partial charge in [0, 0.05) is 18.3 Å². The molecule has 0 fully saturated rings. The van der Waals surface area contributed by atoms with Crippen molar-refractivity contribution in [3.63, 3.8) is 0 Å². The lowest BCUT2D eigenvalue weighted by Gasteiger charge is -1.88. The molecule has 0 aliphatic heterocycles. The molecule has 15 heavy (non-hydrogen) atoms. The monoisotopic (exact) mass is 217 g/mol. The Bertz CT molecular complexity index is 651. The first-order chi connectivity index (χ1) is 7.33. The van der Waals surface area contributed by atoms with Gasteiger partial charge >= 0.3 is 0 Å². The van der Waals surface area contributed by atoms with E-state index in [0.717, 1.165) is 10.6 Å². The molecule has 3 heterocycles. The number of nitrogens with one attached hydrogen (secondary N) is 1. The number of H-pyrrole nitrogens is 1. The van der Waals surface area contributed by atoms with Gasteiger partial charge in [0.1, 0.15) is 11.3 Å². The van der Waals surface area contributed by atoms with E-state index in [1.807, 2.05) is 23.6 Å². The molecule has 3 aromatic heterocycles. The van der Waals surface area contributed by atoms with Gasteiger partial charge in [-0.15, -0.1) is 11.3 Å². The quantitative estimate of drug-likeness (QED) is 0.675. The Labute approximate surface area is 88.8 Å². The summed E-state index contributed by atoms with van der Waals surface area (Å²) in [7, 11) is 0. The Morgan fingerprint density at radius 2 is 2.33 bits per heavy atom. The van der Waals surface area contributed by atoms with Crippen molar-refractivity contribution in [1.29, 1.82) is 0 Å². The minimum Gasteiger partial charge on any atom is -0.307 e. The summed E-state index contributed by atoms with van der Waals surface area (Å²) >= 11 is 1.63. The molecule has 0 aromatic carbocycles. The summed E-state index contributed by atoms with van der Waals surface area (Å²) in [5.41, 5.74) is 1.48. The molecule has 0 aliphatic rings. The van der Waals surface area contributed by atoms with Crippen LogP contribution in [0.2, 0.25) is 0 Å². The molecule has 0 amide bonds. The maximum absolute atomic E-state index is 11.1. The van der Waals surface area contributed by atoms with Crippen molar-refractivity contribution in [3.05, 3.63) is 46.2 Å². The van der Waals surface area contributed by atoms with Gasteiger partial charge in [0.25, 0.3) is 5.56 Å². The molecule has 0 atom stereocenters. The van der Waals surface area contributed by atoms with E-state index < -0.39 is 0 Å². The number of rotatable bonds is 1. The highest BCUT2D eigenvalue weighted by Gasteiger charge is 2.04. The first-order valence-corrected chi connectivity index (χ1v) is 5.33. The molecule has 0 spiro atoms. The van der Waals surface area contributed by atoms with Crippen LogP contribution in [0.5, 0.6) is 0 Å². The predicted octanol–water partition coefficient (Wildman–Crippen LogP) is 1.75. The molecule has 3 aromatic rings. The Hall–Kier alpha value is -1.88. The molecule has 0 unspecified atom stereocenters. The van der Waals surface area contributed by atoms with Gasteiger partial charge in [0.2, 0.25) is 0 Å². The van der Waals surface area contributed by atoms with Crippen molar-refractivity contribution in [1.82, 2.24) is 14.6 Å². The summed E-state index contributed by atoms with van der Waals surface area (Å²) < 4.78 is 1.66. The Kier molecular flexibility index (Phi) is 1.72. The second-order valence-electron chi connectivity index (χ2n) is 3.14. The van der Waals surface area contributed by atoms with Gasteiger partial charge < -0.3 is 4.98 Å². The Morgan fingerprint density at radius 1 is 1.40 bits per heavy atom. The third-order valence-electron chi connectivity index (χ3n) is 2.13. The maximum Gasteiger partial charge on any atom is 0.251 e. The van der Waals surface area contributed by atoms with Gasteiger partial charge in [-0.05, 0) is 11.4 Å². The lowest BCUT2D eigenvalue weighted by Crippen LogP contribution is -2.05. The van der Waals surface area contributed by atoms with Crippen LogP contribution in [0.15, 0.2) is 40.6 Å². The zero-order valence-corrected chi connectivity index (χ0v) is 8.49. The third kappa shape index (κ3) is 1.37. The minimum absolute atomic E-state index is 0.111. The molecule has 0 saturated carbocycles. The van der Waals surface area contributed by atoms with E-state index >= 15 is 0 Å². The number of thiophene rings is 1. The molecule has 1 N–H and O–H groups in total. The van der Waals surface area contributed by atoms with E-state index in [2.05, 4.69) is 10.1 Å². The van der Waals surface area contributed by atoms with Crippen molar-refractivity contribution in [2.45, 2.75) is 0 Å². The zero-order valence-electron chi connectivity index (χ0n) is 7.68. The van der Waals surface area contributed by atoms with Gasteiger partial charge in [0.05, 0.1) is 4.88 Å². The zero-order chi connectivity index (χ0) is 10.3. The molecule has 3 rings (SSSR count). The molecule has 4 nitrogen and oxygen atoms in total. The topological polar surface area (TPSA) is 50.2 Å². The minimum atomic E-state index is -0.111. The van der Waals surface area contributed by atoms with Crippen LogP contribution in [-0.4, -0.2) is 14.6 Å². The van der Waals surface area contributed by atoms with Crippen molar-refractivity contribution in [2.75, 3.05) is 0 Å². The molecule has 0 aliphatic carbocycles. The maximum atomic E-state index is 11.1. The summed E-state index contributed by atoms with van der Waals surface area (Å²) in [6, 6.07) is 7.31. The molecule has 0 radical (unpaired) electrons. The highest BCUT2D eigenvalue weighted by atomic mass is 32.1. The van der Waals surface area contributed by atoms with E-state index in [-0.39, 0.29) is 5.56 Å². The SMILES string of the molecule is O=c1ccn2nc(-c3cccs3)cc2[nH]1. The van der Waals surface area contributed by atoms with Crippen LogP contribution >= 0.6 is 11.3 Å². The van der Waals surface area contributed by atoms with Gasteiger partial charge in [-0.2, -0.15) is 5.10 Å². The number of hydrogen-bond donors (Lipinski definition) is 1. The number of hydrogen-bond acceptors (Lipinski definition) is 3. The number of fused-ring (bicyclic) bond motifs is 1. The van der Waals surface area contributed by atoms with Gasteiger partial charge in [0.15, 0.2) is 0 Å². The van der Waals surface area contributed by atoms with Crippen molar-refractivity contribution in [3.8, 4) is 10.6 Å². The second kappa shape index (κ2) is 3.06. The van der Waals surface area contributed by atoms with Gasteiger partial charge in [-0.3, -0.25) is 4.79 Å². The van der Waals surface area contributed by atoms with E-state index in [1.54, 1.807) is 22.0 Å². The van der Waals surface area contributed by atoms with Crippen LogP contribution in [0, 0.1) is 0 Å². The standard InChI is InChI=1S/C10H7N3OS/c14-10-3-4-13-9(11-10)6-7(12-13)8-2-1-5-15-8/h1-6H,(H,11,14). The van der Waals surface area contributed by atoms with Crippen molar-refractivity contribution >= 4 is 17.0 Å². The van der Waals surface area contributed by atoms with E-state index in [4.69, 9.17) is 0 Å². The van der Waals surface area contributed by atoms with Crippen LogP contribution in [0.1, 0.15) is 0 Å². The fourth-order valence-corrected chi connectivity index (χ4v) is 2.13. The first-order valence-electron chi connectivity index (χ1n) is 4.45. The average Bonchev–Trinajstić information content (AvgIpc) is 2.84. The summed E-state index contributed by atoms with van der Waals surface area (Å²) in [6.45, 7) is 0. The third-order valence-corrected chi connectivity index (χ3v) is 3.02. The van der Waals surface area contributed by atoms with Crippen LogP contribution in [0.25, 0.3) is 16.2 Å². The summed E-state index contributed by atoms with van der Waals surface area (Å²) in [5.74, 6) is 0. The molecule has 0 bridgehead atoms. The molecule has 0 saturated heterocycles. The van der Waals surface area contributed by atoms with Gasteiger partial charge in [-0.25, -0.2) is 4.52 Å². The van der Waals surface area contributed by atoms with Crippen LogP contribution in [-0.2, 0) is 0 Å². The normalized spacial score (nSPS) is 10.9. The highest BCUT2D eigenvalue weighted by molar-refractivity contribution is 7.13. The number of aromatic amines is 1. The molecular weight excluding hydrogens is 210 g/mol. The number of aromatic nitrogens is 3. The van der Waals surface area contributed by atoms with Crippen LogP contribution in [0.4, 0.5) is 0 Å². The second-order valence-corrected chi connectivity index (χ2v) is 4.09. The summed E-state index contributed by atoms with van der Waals surface area (Å²) in [6.07, 6.45) is 1.66. The summed E-state index contributed by atoms with van der Waals surface area (Å²) in [5, 5.41) is 6.36. The predicted molar refractivity (Wildman–Crippen MR) is 59.1 cm³/mol. The smallest absolute Gasteiger partial charge is 0.251 e. The first kappa shape index (κ1) is 8.43. The largest absolute Gasteiger partial charge is 0.307 e. The van der Waals surface area contributed by atoms with Crippen molar-refractivity contribution in [2.24, 2.45) is 0 Å². The van der Waals surface area contributed by atoms with Crippen LogP contribution < -0.4 is 5.56 Å². The van der Waals surface area contributed by atoms with Gasteiger partial charge in [-0.1, -0.05) is 6.07 Å². The fraction of sp³-hybridized carbons (Fsp3) is 0. The molecular formula is C10H7N3OS. The van der Waals surface area contributed by atoms with E-state index in [1.165, 1.54) is 6.07 Å². The van der Waals surface area contributed by atoms with E-state index in [9.17, 15) is 4.79 Å². The Morgan fingerprint density at radius 3 is 3.13 bits per heavy atom. The number of nitrogens with zero attached hydrogens (tertiary/aromatic N) is 2. The van der Waals surface area contributed by atoms with Crippen molar-refractivity contribution < 1.29 is 0 Å². The molecule has 74 valence electrons. The summed E-state index contributed by atoms with van der Waals surface area (Å²) in [4.78, 5) is 14.9. The Balaban J connectivity index is 2.27. The average molecular weight is 217 g/mol. The molecule has 5 heteroatoms. The fourth-order valence-electron chi connectivity index (χ4n) is 1.45. The lowest BCUT2D eigenvalue weighted by molar-refractivity contribution is 0.935. The highest BCUT2D eigenvalue weighted by Crippen LogP contribution is 2.23.